The first-order valence-electron chi connectivity index (χ1n) is 5.06. The van der Waals surface area contributed by atoms with Crippen molar-refractivity contribution in [3.63, 3.8) is 0 Å². The summed E-state index contributed by atoms with van der Waals surface area (Å²) in [6.07, 6.45) is 1.66. The molecule has 0 aliphatic rings. The van der Waals surface area contributed by atoms with Crippen molar-refractivity contribution in [3.05, 3.63) is 10.6 Å². The predicted octanol–water partition coefficient (Wildman–Crippen LogP) is 1.42. The Morgan fingerprint density at radius 3 is 2.82 bits per heavy atom. The number of aromatic nitrogens is 1. The number of esters is 1. The number of methoxy groups -OCH3 is 1. The molecule has 1 heterocycles. The second kappa shape index (κ2) is 6.11. The largest absolute Gasteiger partial charge is 0.464 e. The molecule has 0 aromatic carbocycles. The van der Waals surface area contributed by atoms with Gasteiger partial charge in [0, 0.05) is 33.7 Å². The number of hydrogen-bond acceptors (Lipinski definition) is 6. The van der Waals surface area contributed by atoms with Crippen LogP contribution >= 0.6 is 11.3 Å². The number of aryl methyl sites for hydroxylation is 1. The molecule has 0 fully saturated rings. The van der Waals surface area contributed by atoms with Gasteiger partial charge in [0.05, 0.1) is 7.11 Å². The number of ether oxygens (including phenoxy) is 1. The van der Waals surface area contributed by atoms with Crippen LogP contribution in [0.1, 0.15) is 22.3 Å². The van der Waals surface area contributed by atoms with Gasteiger partial charge in [-0.15, -0.1) is 11.3 Å². The molecular weight excluding hydrogens is 260 g/mol. The van der Waals surface area contributed by atoms with Crippen LogP contribution in [-0.2, 0) is 15.5 Å². The van der Waals surface area contributed by atoms with Crippen LogP contribution < -0.4 is 5.32 Å². The Morgan fingerprint density at radius 2 is 2.29 bits per heavy atom. The van der Waals surface area contributed by atoms with E-state index >= 15 is 0 Å². The van der Waals surface area contributed by atoms with Gasteiger partial charge in [-0.1, -0.05) is 0 Å². The molecule has 5 nitrogen and oxygen atoms in total. The number of thiazole rings is 1. The lowest BCUT2D eigenvalue weighted by Crippen LogP contribution is -2.22. The van der Waals surface area contributed by atoms with Crippen molar-refractivity contribution in [1.82, 2.24) is 4.98 Å². The fourth-order valence-corrected chi connectivity index (χ4v) is 3.05. The van der Waals surface area contributed by atoms with E-state index in [4.69, 9.17) is 0 Å². The monoisotopic (exact) mass is 276 g/mol. The molecule has 96 valence electrons. The first kappa shape index (κ1) is 14.1. The third kappa shape index (κ3) is 4.08. The maximum absolute atomic E-state index is 11.4. The molecule has 2 unspecified atom stereocenters. The Hall–Kier alpha value is -0.950. The number of carbonyl (C=O) groups excluding carboxylic acids is 1. The van der Waals surface area contributed by atoms with Gasteiger partial charge in [0.25, 0.3) is 0 Å². The normalized spacial score (nSPS) is 14.1. The van der Waals surface area contributed by atoms with Crippen LogP contribution in [0, 0.1) is 6.92 Å². The zero-order valence-corrected chi connectivity index (χ0v) is 11.9. The zero-order valence-electron chi connectivity index (χ0n) is 10.3. The summed E-state index contributed by atoms with van der Waals surface area (Å²) in [5.74, 6) is 0.116. The summed E-state index contributed by atoms with van der Waals surface area (Å²) in [4.78, 5) is 16.3. The SMILES string of the molecule is COC(=O)c1nc(NC(C)CS(C)=O)sc1C. The highest BCUT2D eigenvalue weighted by molar-refractivity contribution is 7.84. The fraction of sp³-hybridized carbons (Fsp3) is 0.600. The third-order valence-electron chi connectivity index (χ3n) is 2.03. The van der Waals surface area contributed by atoms with Crippen molar-refractivity contribution < 1.29 is 13.7 Å². The van der Waals surface area contributed by atoms with E-state index in [2.05, 4.69) is 15.0 Å². The molecule has 7 heteroatoms. The second-order valence-electron chi connectivity index (χ2n) is 3.70. The summed E-state index contributed by atoms with van der Waals surface area (Å²) >= 11 is 1.39. The minimum absolute atomic E-state index is 0.0527. The summed E-state index contributed by atoms with van der Waals surface area (Å²) in [5.41, 5.74) is 0.338. The average Bonchev–Trinajstić information content (AvgIpc) is 2.56. The quantitative estimate of drug-likeness (QED) is 0.824. The van der Waals surface area contributed by atoms with E-state index in [-0.39, 0.29) is 6.04 Å². The van der Waals surface area contributed by atoms with Crippen LogP contribution in [0.25, 0.3) is 0 Å². The van der Waals surface area contributed by atoms with Crippen LogP contribution in [0.2, 0.25) is 0 Å². The highest BCUT2D eigenvalue weighted by Gasteiger charge is 2.16. The Kier molecular flexibility index (Phi) is 5.07. The Balaban J connectivity index is 2.73. The van der Waals surface area contributed by atoms with Gasteiger partial charge in [-0.05, 0) is 13.8 Å². The first-order chi connectivity index (χ1) is 7.93. The van der Waals surface area contributed by atoms with Gasteiger partial charge in [0.15, 0.2) is 10.8 Å². The van der Waals surface area contributed by atoms with Gasteiger partial charge in [0.2, 0.25) is 0 Å². The number of hydrogen-bond donors (Lipinski definition) is 1. The molecule has 1 N–H and O–H groups in total. The molecule has 17 heavy (non-hydrogen) atoms. The highest BCUT2D eigenvalue weighted by Crippen LogP contribution is 2.23. The molecule has 0 saturated heterocycles. The molecule has 1 aromatic rings. The summed E-state index contributed by atoms with van der Waals surface area (Å²) in [7, 11) is 0.475. The smallest absolute Gasteiger partial charge is 0.357 e. The van der Waals surface area contributed by atoms with Crippen LogP contribution in [0.15, 0.2) is 0 Å². The topological polar surface area (TPSA) is 68.3 Å². The van der Waals surface area contributed by atoms with Crippen LogP contribution in [0.4, 0.5) is 5.13 Å². The van der Waals surface area contributed by atoms with Gasteiger partial charge >= 0.3 is 5.97 Å². The molecule has 0 amide bonds. The first-order valence-corrected chi connectivity index (χ1v) is 7.60. The number of nitrogens with zero attached hydrogens (tertiary/aromatic N) is 1. The molecule has 0 spiro atoms. The highest BCUT2D eigenvalue weighted by atomic mass is 32.2. The molecular formula is C10H16N2O3S2. The van der Waals surface area contributed by atoms with Gasteiger partial charge < -0.3 is 10.1 Å². The van der Waals surface area contributed by atoms with Crippen molar-refractivity contribution >= 4 is 33.2 Å². The number of anilines is 1. The van der Waals surface area contributed by atoms with Gasteiger partial charge in [-0.3, -0.25) is 4.21 Å². The van der Waals surface area contributed by atoms with Gasteiger partial charge in [-0.2, -0.15) is 0 Å². The van der Waals surface area contributed by atoms with E-state index in [0.717, 1.165) is 4.88 Å². The molecule has 0 aliphatic heterocycles. The van der Waals surface area contributed by atoms with Gasteiger partial charge in [-0.25, -0.2) is 9.78 Å². The van der Waals surface area contributed by atoms with Crippen molar-refractivity contribution in [2.24, 2.45) is 0 Å². The Morgan fingerprint density at radius 1 is 1.65 bits per heavy atom. The standard InChI is InChI=1S/C10H16N2O3S2/c1-6(5-17(4)14)11-10-12-8(7(2)16-10)9(13)15-3/h6H,5H2,1-4H3,(H,11,12). The summed E-state index contributed by atoms with van der Waals surface area (Å²) in [6, 6.07) is 0.0527. The predicted molar refractivity (Wildman–Crippen MR) is 70.2 cm³/mol. The van der Waals surface area contributed by atoms with Crippen molar-refractivity contribution in [2.75, 3.05) is 24.4 Å². The van der Waals surface area contributed by atoms with E-state index < -0.39 is 16.8 Å². The fourth-order valence-electron chi connectivity index (χ4n) is 1.35. The Bertz CT molecular complexity index is 431. The van der Waals surface area contributed by atoms with Crippen molar-refractivity contribution in [3.8, 4) is 0 Å². The number of carbonyl (C=O) groups is 1. The van der Waals surface area contributed by atoms with E-state index in [1.807, 2.05) is 13.8 Å². The number of nitrogens with one attached hydrogen (secondary N) is 1. The van der Waals surface area contributed by atoms with E-state index in [1.165, 1.54) is 18.4 Å². The van der Waals surface area contributed by atoms with E-state index in [9.17, 15) is 9.00 Å². The molecule has 0 aliphatic carbocycles. The third-order valence-corrected chi connectivity index (χ3v) is 3.90. The molecule has 1 rings (SSSR count). The zero-order chi connectivity index (χ0) is 13.0. The van der Waals surface area contributed by atoms with Crippen molar-refractivity contribution in [2.45, 2.75) is 19.9 Å². The summed E-state index contributed by atoms with van der Waals surface area (Å²) in [5, 5.41) is 3.77. The molecule has 0 radical (unpaired) electrons. The maximum Gasteiger partial charge on any atom is 0.357 e. The molecule has 0 saturated carbocycles. The molecule has 1 aromatic heterocycles. The van der Waals surface area contributed by atoms with E-state index in [0.29, 0.717) is 16.6 Å². The minimum Gasteiger partial charge on any atom is -0.464 e. The molecule has 0 bridgehead atoms. The molecule has 2 atom stereocenters. The lowest BCUT2D eigenvalue weighted by Gasteiger charge is -2.10. The maximum atomic E-state index is 11.4. The Labute approximate surface area is 107 Å². The summed E-state index contributed by atoms with van der Waals surface area (Å²) < 4.78 is 15.7. The van der Waals surface area contributed by atoms with Crippen LogP contribution in [0.5, 0.6) is 0 Å². The lowest BCUT2D eigenvalue weighted by atomic mass is 10.4. The lowest BCUT2D eigenvalue weighted by molar-refractivity contribution is 0.0594. The summed E-state index contributed by atoms with van der Waals surface area (Å²) in [6.45, 7) is 3.74. The number of rotatable bonds is 5. The van der Waals surface area contributed by atoms with Crippen LogP contribution in [0.3, 0.4) is 0 Å². The second-order valence-corrected chi connectivity index (χ2v) is 6.38. The van der Waals surface area contributed by atoms with Crippen molar-refractivity contribution in [1.29, 1.82) is 0 Å². The average molecular weight is 276 g/mol. The van der Waals surface area contributed by atoms with E-state index in [1.54, 1.807) is 6.26 Å². The van der Waals surface area contributed by atoms with Crippen LogP contribution in [-0.4, -0.2) is 40.3 Å². The minimum atomic E-state index is -0.856. The van der Waals surface area contributed by atoms with Gasteiger partial charge in [0.1, 0.15) is 0 Å².